The summed E-state index contributed by atoms with van der Waals surface area (Å²) >= 11 is 3.43. The summed E-state index contributed by atoms with van der Waals surface area (Å²) in [5, 5.41) is 4.10. The Morgan fingerprint density at radius 1 is 1.11 bits per heavy atom. The van der Waals surface area contributed by atoms with Gasteiger partial charge in [0.2, 0.25) is 17.6 Å². The number of carbonyl (C=O) groups excluding carboxylic acids is 1. The van der Waals surface area contributed by atoms with Crippen molar-refractivity contribution in [2.75, 3.05) is 26.2 Å². The highest BCUT2D eigenvalue weighted by Gasteiger charge is 2.30. The van der Waals surface area contributed by atoms with E-state index in [1.165, 1.54) is 0 Å². The van der Waals surface area contributed by atoms with E-state index in [2.05, 4.69) is 42.8 Å². The number of piperidine rings is 2. The molecule has 2 saturated heterocycles. The number of carbonyl (C=O) groups is 1. The average Bonchev–Trinajstić information content (AvgIpc) is 3.18. The molecule has 150 valence electrons. The van der Waals surface area contributed by atoms with Crippen LogP contribution in [0.15, 0.2) is 33.3 Å². The summed E-state index contributed by atoms with van der Waals surface area (Å²) < 4.78 is 6.47. The Hall–Kier alpha value is -1.73. The summed E-state index contributed by atoms with van der Waals surface area (Å²) in [4.78, 5) is 21.7. The molecule has 3 heterocycles. The molecule has 0 bridgehead atoms. The van der Waals surface area contributed by atoms with E-state index in [1.807, 2.05) is 24.3 Å². The van der Waals surface area contributed by atoms with Gasteiger partial charge in [-0.05, 0) is 69.0 Å². The van der Waals surface area contributed by atoms with Gasteiger partial charge in [-0.3, -0.25) is 9.69 Å². The van der Waals surface area contributed by atoms with Crippen LogP contribution in [-0.2, 0) is 11.3 Å². The molecular weight excluding hydrogens is 420 g/mol. The first kappa shape index (κ1) is 19.6. The van der Waals surface area contributed by atoms with Gasteiger partial charge < -0.3 is 9.42 Å². The molecule has 6 nitrogen and oxygen atoms in total. The van der Waals surface area contributed by atoms with E-state index >= 15 is 0 Å². The Labute approximate surface area is 174 Å². The van der Waals surface area contributed by atoms with E-state index in [0.717, 1.165) is 67.8 Å². The van der Waals surface area contributed by atoms with Gasteiger partial charge in [-0.1, -0.05) is 28.0 Å². The number of amides is 1. The summed E-state index contributed by atoms with van der Waals surface area (Å²) in [7, 11) is 0. The second-order valence-electron chi connectivity index (χ2n) is 8.08. The molecule has 1 aromatic carbocycles. The number of hydrogen-bond acceptors (Lipinski definition) is 5. The Bertz CT molecular complexity index is 791. The SMILES string of the molecule is CC1CCN(C(=O)C2CCN(Cc3nc(-c4ccc(Br)cc4)no3)CC2)CC1. The minimum absolute atomic E-state index is 0.172. The van der Waals surface area contributed by atoms with Gasteiger partial charge in [-0.15, -0.1) is 0 Å². The quantitative estimate of drug-likeness (QED) is 0.710. The molecule has 0 aliphatic carbocycles. The van der Waals surface area contributed by atoms with Gasteiger partial charge in [0, 0.05) is 29.0 Å². The van der Waals surface area contributed by atoms with E-state index in [1.54, 1.807) is 0 Å². The fourth-order valence-corrected chi connectivity index (χ4v) is 4.32. The number of halogens is 1. The van der Waals surface area contributed by atoms with Gasteiger partial charge in [0.15, 0.2) is 0 Å². The molecule has 28 heavy (non-hydrogen) atoms. The molecule has 2 aromatic rings. The van der Waals surface area contributed by atoms with E-state index in [4.69, 9.17) is 4.52 Å². The topological polar surface area (TPSA) is 62.5 Å². The number of nitrogens with zero attached hydrogens (tertiary/aromatic N) is 4. The fraction of sp³-hybridized carbons (Fsp3) is 0.571. The molecule has 4 rings (SSSR count). The van der Waals surface area contributed by atoms with Crippen molar-refractivity contribution in [3.63, 3.8) is 0 Å². The van der Waals surface area contributed by atoms with Gasteiger partial charge >= 0.3 is 0 Å². The molecule has 0 saturated carbocycles. The van der Waals surface area contributed by atoms with Gasteiger partial charge in [0.25, 0.3) is 0 Å². The Balaban J connectivity index is 1.28. The van der Waals surface area contributed by atoms with Crippen molar-refractivity contribution in [3.8, 4) is 11.4 Å². The van der Waals surface area contributed by atoms with Crippen LogP contribution in [-0.4, -0.2) is 52.0 Å². The summed E-state index contributed by atoms with van der Waals surface area (Å²) in [6.45, 7) is 6.58. The molecule has 2 fully saturated rings. The number of hydrogen-bond donors (Lipinski definition) is 0. The van der Waals surface area contributed by atoms with E-state index in [-0.39, 0.29) is 5.92 Å². The lowest BCUT2D eigenvalue weighted by molar-refractivity contribution is -0.138. The van der Waals surface area contributed by atoms with Crippen LogP contribution in [0.3, 0.4) is 0 Å². The van der Waals surface area contributed by atoms with Gasteiger partial charge in [0.1, 0.15) is 0 Å². The van der Waals surface area contributed by atoms with Crippen LogP contribution in [0.1, 0.15) is 38.5 Å². The van der Waals surface area contributed by atoms with Crippen LogP contribution in [0.4, 0.5) is 0 Å². The molecule has 0 N–H and O–H groups in total. The Morgan fingerprint density at radius 2 is 1.79 bits per heavy atom. The van der Waals surface area contributed by atoms with Crippen LogP contribution < -0.4 is 0 Å². The first-order valence-electron chi connectivity index (χ1n) is 10.2. The molecule has 2 aliphatic heterocycles. The maximum atomic E-state index is 12.8. The van der Waals surface area contributed by atoms with Crippen LogP contribution >= 0.6 is 15.9 Å². The number of likely N-dealkylation sites (tertiary alicyclic amines) is 2. The van der Waals surface area contributed by atoms with Crippen molar-refractivity contribution >= 4 is 21.8 Å². The maximum absolute atomic E-state index is 12.8. The zero-order chi connectivity index (χ0) is 19.5. The third-order valence-electron chi connectivity index (χ3n) is 5.96. The fourth-order valence-electron chi connectivity index (χ4n) is 4.05. The molecule has 0 radical (unpaired) electrons. The maximum Gasteiger partial charge on any atom is 0.241 e. The van der Waals surface area contributed by atoms with E-state index in [0.29, 0.717) is 24.2 Å². The normalized spacial score (nSPS) is 19.9. The molecule has 2 aliphatic rings. The molecule has 1 amide bonds. The standard InChI is InChI=1S/C21H27BrN4O2/c1-15-6-12-26(13-7-15)21(27)17-8-10-25(11-9-17)14-19-23-20(24-28-19)16-2-4-18(22)5-3-16/h2-5,15,17H,6-14H2,1H3. The Morgan fingerprint density at radius 3 is 2.46 bits per heavy atom. The number of rotatable bonds is 4. The molecular formula is C21H27BrN4O2. The summed E-state index contributed by atoms with van der Waals surface area (Å²) in [5.41, 5.74) is 0.943. The first-order valence-corrected chi connectivity index (χ1v) is 11.0. The summed E-state index contributed by atoms with van der Waals surface area (Å²) in [5.74, 6) is 2.54. The number of benzene rings is 1. The molecule has 7 heteroatoms. The highest BCUT2D eigenvalue weighted by atomic mass is 79.9. The highest BCUT2D eigenvalue weighted by Crippen LogP contribution is 2.25. The second-order valence-corrected chi connectivity index (χ2v) is 8.99. The van der Waals surface area contributed by atoms with Crippen LogP contribution in [0.2, 0.25) is 0 Å². The second kappa shape index (κ2) is 8.74. The van der Waals surface area contributed by atoms with Crippen LogP contribution in [0.25, 0.3) is 11.4 Å². The molecule has 0 unspecified atom stereocenters. The molecule has 0 atom stereocenters. The largest absolute Gasteiger partial charge is 0.342 e. The van der Waals surface area contributed by atoms with Gasteiger partial charge in [0.05, 0.1) is 6.54 Å². The minimum atomic E-state index is 0.172. The van der Waals surface area contributed by atoms with Crippen molar-refractivity contribution in [1.82, 2.24) is 19.9 Å². The number of aromatic nitrogens is 2. The molecule has 0 spiro atoms. The summed E-state index contributed by atoms with van der Waals surface area (Å²) in [6.07, 6.45) is 4.11. The zero-order valence-corrected chi connectivity index (χ0v) is 17.9. The lowest BCUT2D eigenvalue weighted by Crippen LogP contribution is -2.45. The first-order chi connectivity index (χ1) is 13.6. The van der Waals surface area contributed by atoms with Crippen molar-refractivity contribution < 1.29 is 9.32 Å². The Kier molecular flexibility index (Phi) is 6.11. The average molecular weight is 447 g/mol. The van der Waals surface area contributed by atoms with Gasteiger partial charge in [-0.2, -0.15) is 4.98 Å². The van der Waals surface area contributed by atoms with Crippen molar-refractivity contribution in [2.24, 2.45) is 11.8 Å². The minimum Gasteiger partial charge on any atom is -0.342 e. The lowest BCUT2D eigenvalue weighted by atomic mass is 9.93. The van der Waals surface area contributed by atoms with Crippen molar-refractivity contribution in [2.45, 2.75) is 39.2 Å². The van der Waals surface area contributed by atoms with Crippen LogP contribution in [0, 0.1) is 11.8 Å². The third-order valence-corrected chi connectivity index (χ3v) is 6.49. The highest BCUT2D eigenvalue weighted by molar-refractivity contribution is 9.10. The van der Waals surface area contributed by atoms with E-state index < -0.39 is 0 Å². The van der Waals surface area contributed by atoms with Crippen LogP contribution in [0.5, 0.6) is 0 Å². The predicted molar refractivity (Wildman–Crippen MR) is 110 cm³/mol. The van der Waals surface area contributed by atoms with Crippen molar-refractivity contribution in [1.29, 1.82) is 0 Å². The van der Waals surface area contributed by atoms with Gasteiger partial charge in [-0.25, -0.2) is 0 Å². The van der Waals surface area contributed by atoms with Crippen molar-refractivity contribution in [3.05, 3.63) is 34.6 Å². The third kappa shape index (κ3) is 4.63. The lowest BCUT2D eigenvalue weighted by Gasteiger charge is -2.36. The monoisotopic (exact) mass is 446 g/mol. The summed E-state index contributed by atoms with van der Waals surface area (Å²) in [6, 6.07) is 7.88. The predicted octanol–water partition coefficient (Wildman–Crippen LogP) is 3.97. The zero-order valence-electron chi connectivity index (χ0n) is 16.3. The molecule has 1 aromatic heterocycles. The van der Waals surface area contributed by atoms with E-state index in [9.17, 15) is 4.79 Å². The smallest absolute Gasteiger partial charge is 0.241 e.